The van der Waals surface area contributed by atoms with Crippen LogP contribution >= 0.6 is 0 Å². The Morgan fingerprint density at radius 3 is 0.899 bits per heavy atom. The van der Waals surface area contributed by atoms with E-state index < -0.39 is 12.1 Å². The van der Waals surface area contributed by atoms with Crippen molar-refractivity contribution in [2.75, 3.05) is 13.2 Å². The van der Waals surface area contributed by atoms with Gasteiger partial charge in [0.15, 0.2) is 0 Å². The lowest BCUT2D eigenvalue weighted by Gasteiger charge is -2.22. The summed E-state index contributed by atoms with van der Waals surface area (Å²) in [6, 6.07) is -0.539. The molecule has 0 fully saturated rings. The first-order valence-electron chi connectivity index (χ1n) is 36.4. The summed E-state index contributed by atoms with van der Waals surface area (Å²) in [5.74, 6) is -0.00802. The number of unbranched alkanes of at least 4 members (excludes halogenated alkanes) is 56. The zero-order chi connectivity index (χ0) is 57.1. The van der Waals surface area contributed by atoms with E-state index in [-0.39, 0.29) is 18.5 Å². The third-order valence-corrected chi connectivity index (χ3v) is 17.3. The van der Waals surface area contributed by atoms with Crippen molar-refractivity contribution in [3.8, 4) is 0 Å². The first-order chi connectivity index (χ1) is 39.0. The van der Waals surface area contributed by atoms with Crippen LogP contribution in [0.5, 0.6) is 0 Å². The molecular weight excluding hydrogens is 971 g/mol. The minimum atomic E-state index is -0.662. The third-order valence-electron chi connectivity index (χ3n) is 17.3. The molecule has 2 unspecified atom stereocenters. The number of amides is 1. The van der Waals surface area contributed by atoms with Crippen molar-refractivity contribution in [3.05, 3.63) is 12.2 Å². The number of aliphatic hydroxyl groups excluding tert-OH is 2. The SMILES string of the molecule is CCCCCCCCCCCCCCCCCCCCC(O)C(CO)NC(=O)CCCCCCCCCCCCCCCCCC/C=C\CCCCCCCCCCCCCCOC(=O)CCCCCCCCCCCCCC. The van der Waals surface area contributed by atoms with E-state index in [9.17, 15) is 19.8 Å². The molecule has 2 atom stereocenters. The molecule has 1 amide bonds. The van der Waals surface area contributed by atoms with Crippen molar-refractivity contribution < 1.29 is 24.5 Å². The molecule has 0 bridgehead atoms. The molecule has 470 valence electrons. The summed E-state index contributed by atoms with van der Waals surface area (Å²) in [6.07, 6.45) is 85.6. The Hall–Kier alpha value is -1.40. The molecule has 6 nitrogen and oxygen atoms in total. The van der Waals surface area contributed by atoms with E-state index in [2.05, 4.69) is 31.3 Å². The molecule has 0 aliphatic carbocycles. The summed E-state index contributed by atoms with van der Waals surface area (Å²) >= 11 is 0. The molecule has 3 N–H and O–H groups in total. The second-order valence-corrected chi connectivity index (χ2v) is 25.3. The second kappa shape index (κ2) is 69.1. The number of esters is 1. The van der Waals surface area contributed by atoms with Gasteiger partial charge in [0, 0.05) is 12.8 Å². The van der Waals surface area contributed by atoms with Crippen LogP contribution in [0.25, 0.3) is 0 Å². The zero-order valence-electron chi connectivity index (χ0n) is 53.9. The number of hydrogen-bond acceptors (Lipinski definition) is 5. The molecule has 0 aromatic heterocycles. The number of aliphatic hydroxyl groups is 2. The van der Waals surface area contributed by atoms with Crippen LogP contribution in [0.1, 0.15) is 418 Å². The van der Waals surface area contributed by atoms with E-state index >= 15 is 0 Å². The number of carbonyl (C=O) groups is 2. The summed E-state index contributed by atoms with van der Waals surface area (Å²) in [7, 11) is 0. The average Bonchev–Trinajstić information content (AvgIpc) is 3.45. The molecule has 6 heteroatoms. The lowest BCUT2D eigenvalue weighted by molar-refractivity contribution is -0.143. The van der Waals surface area contributed by atoms with Crippen molar-refractivity contribution in [3.63, 3.8) is 0 Å². The number of rotatable bonds is 69. The van der Waals surface area contributed by atoms with Gasteiger partial charge < -0.3 is 20.3 Å². The highest BCUT2D eigenvalue weighted by atomic mass is 16.5. The predicted octanol–water partition coefficient (Wildman–Crippen LogP) is 23.5. The molecule has 0 heterocycles. The Morgan fingerprint density at radius 1 is 0.342 bits per heavy atom. The van der Waals surface area contributed by atoms with E-state index in [0.717, 1.165) is 38.5 Å². The summed E-state index contributed by atoms with van der Waals surface area (Å²) in [5, 5.41) is 23.4. The Kier molecular flexibility index (Phi) is 67.9. The molecule has 0 aromatic carbocycles. The van der Waals surface area contributed by atoms with Crippen molar-refractivity contribution in [2.24, 2.45) is 0 Å². The van der Waals surface area contributed by atoms with E-state index in [1.54, 1.807) is 0 Å². The van der Waals surface area contributed by atoms with Gasteiger partial charge in [0.25, 0.3) is 0 Å². The monoisotopic (exact) mass is 1110 g/mol. The Bertz CT molecular complexity index is 1190. The minimum Gasteiger partial charge on any atom is -0.466 e. The van der Waals surface area contributed by atoms with Gasteiger partial charge in [-0.25, -0.2) is 0 Å². The number of ether oxygens (including phenoxy) is 1. The Morgan fingerprint density at radius 2 is 0.595 bits per heavy atom. The fourth-order valence-electron chi connectivity index (χ4n) is 11.8. The zero-order valence-corrected chi connectivity index (χ0v) is 53.9. The van der Waals surface area contributed by atoms with Gasteiger partial charge >= 0.3 is 5.97 Å². The van der Waals surface area contributed by atoms with Crippen molar-refractivity contribution in [1.82, 2.24) is 5.32 Å². The average molecular weight is 1110 g/mol. The van der Waals surface area contributed by atoms with Crippen LogP contribution in [-0.4, -0.2) is 47.4 Å². The number of allylic oxidation sites excluding steroid dienone is 2. The lowest BCUT2D eigenvalue weighted by Crippen LogP contribution is -2.45. The van der Waals surface area contributed by atoms with Crippen molar-refractivity contribution in [2.45, 2.75) is 431 Å². The largest absolute Gasteiger partial charge is 0.466 e. The summed E-state index contributed by atoms with van der Waals surface area (Å²) < 4.78 is 5.48. The van der Waals surface area contributed by atoms with Crippen LogP contribution in [0.15, 0.2) is 12.2 Å². The molecule has 79 heavy (non-hydrogen) atoms. The van der Waals surface area contributed by atoms with Crippen LogP contribution in [0.2, 0.25) is 0 Å². The highest BCUT2D eigenvalue weighted by molar-refractivity contribution is 5.76. The Labute approximate surface area is 495 Å². The van der Waals surface area contributed by atoms with E-state index in [1.165, 1.54) is 347 Å². The van der Waals surface area contributed by atoms with Gasteiger partial charge in [0.2, 0.25) is 5.91 Å². The van der Waals surface area contributed by atoms with E-state index in [0.29, 0.717) is 25.9 Å². The van der Waals surface area contributed by atoms with Gasteiger partial charge in [-0.3, -0.25) is 9.59 Å². The normalized spacial score (nSPS) is 12.5. The summed E-state index contributed by atoms with van der Waals surface area (Å²) in [6.45, 7) is 5.00. The maximum absolute atomic E-state index is 12.5. The molecule has 0 rings (SSSR count). The summed E-state index contributed by atoms with van der Waals surface area (Å²) in [5.41, 5.74) is 0. The van der Waals surface area contributed by atoms with Gasteiger partial charge in [-0.05, 0) is 51.4 Å². The van der Waals surface area contributed by atoms with E-state index in [4.69, 9.17) is 4.74 Å². The van der Waals surface area contributed by atoms with Crippen LogP contribution in [-0.2, 0) is 14.3 Å². The highest BCUT2D eigenvalue weighted by Crippen LogP contribution is 2.19. The van der Waals surface area contributed by atoms with Crippen LogP contribution in [0.3, 0.4) is 0 Å². The van der Waals surface area contributed by atoms with Gasteiger partial charge in [0.05, 0.1) is 25.4 Å². The molecule has 0 radical (unpaired) electrons. The van der Waals surface area contributed by atoms with E-state index in [1.807, 2.05) is 0 Å². The third kappa shape index (κ3) is 65.6. The van der Waals surface area contributed by atoms with Crippen LogP contribution in [0, 0.1) is 0 Å². The van der Waals surface area contributed by atoms with Crippen molar-refractivity contribution >= 4 is 11.9 Å². The number of nitrogens with one attached hydrogen (secondary N) is 1. The first-order valence-corrected chi connectivity index (χ1v) is 36.4. The van der Waals surface area contributed by atoms with Crippen LogP contribution < -0.4 is 5.32 Å². The number of carbonyl (C=O) groups excluding carboxylic acids is 2. The maximum atomic E-state index is 12.5. The van der Waals surface area contributed by atoms with Crippen LogP contribution in [0.4, 0.5) is 0 Å². The van der Waals surface area contributed by atoms with Gasteiger partial charge in [0.1, 0.15) is 0 Å². The lowest BCUT2D eigenvalue weighted by atomic mass is 10.0. The van der Waals surface area contributed by atoms with Gasteiger partial charge in [-0.1, -0.05) is 366 Å². The molecule has 0 aromatic rings. The smallest absolute Gasteiger partial charge is 0.305 e. The standard InChI is InChI=1S/C73H143NO5/c1-3-5-7-9-11-13-15-17-18-19-36-39-42-45-49-53-57-61-65-71(76)70(69-75)74-72(77)66-62-58-54-50-46-43-40-37-34-32-30-28-26-24-22-20-21-23-25-27-29-31-33-35-38-41-44-48-52-56-60-64-68-79-73(78)67-63-59-55-51-47-16-14-12-10-8-6-4-2/h23,25,70-71,75-76H,3-22,24,26-69H2,1-2H3,(H,74,77)/b25-23-. The molecule has 0 aliphatic heterocycles. The molecule has 0 saturated carbocycles. The molecule has 0 spiro atoms. The molecular formula is C73H143NO5. The topological polar surface area (TPSA) is 95.9 Å². The molecule has 0 aliphatic rings. The first kappa shape index (κ1) is 77.6. The highest BCUT2D eigenvalue weighted by Gasteiger charge is 2.20. The van der Waals surface area contributed by atoms with Crippen molar-refractivity contribution in [1.29, 1.82) is 0 Å². The Balaban J connectivity index is 3.35. The second-order valence-electron chi connectivity index (χ2n) is 25.3. The number of hydrogen-bond donors (Lipinski definition) is 3. The predicted molar refractivity (Wildman–Crippen MR) is 347 cm³/mol. The fourth-order valence-corrected chi connectivity index (χ4v) is 11.8. The maximum Gasteiger partial charge on any atom is 0.305 e. The summed E-state index contributed by atoms with van der Waals surface area (Å²) in [4.78, 5) is 24.6. The minimum absolute atomic E-state index is 0.0198. The van der Waals surface area contributed by atoms with Gasteiger partial charge in [-0.2, -0.15) is 0 Å². The molecule has 0 saturated heterocycles. The van der Waals surface area contributed by atoms with Gasteiger partial charge in [-0.15, -0.1) is 0 Å². The quantitative estimate of drug-likeness (QED) is 0.0320. The fraction of sp³-hybridized carbons (Fsp3) is 0.945.